The third kappa shape index (κ3) is 5.19. The number of carbonyl (C=O) groups is 1. The Hall–Kier alpha value is -0.610. The number of carbonyl (C=O) groups excluding carboxylic acids is 1. The monoisotopic (exact) mass is 202 g/mol. The average Bonchev–Trinajstić information content (AvgIpc) is 2.10. The van der Waals surface area contributed by atoms with Crippen molar-refractivity contribution in [2.24, 2.45) is 5.92 Å². The highest BCUT2D eigenvalue weighted by Crippen LogP contribution is 2.01. The quantitative estimate of drug-likeness (QED) is 0.675. The number of amides is 1. The van der Waals surface area contributed by atoms with Crippen LogP contribution in [-0.2, 0) is 9.53 Å². The number of ether oxygens (including phenoxy) is 1. The van der Waals surface area contributed by atoms with Gasteiger partial charge in [0.15, 0.2) is 0 Å². The normalized spacial score (nSPS) is 13.0. The molecule has 0 saturated carbocycles. The summed E-state index contributed by atoms with van der Waals surface area (Å²) in [6, 6.07) is 0.240. The lowest BCUT2D eigenvalue weighted by Gasteiger charge is -2.22. The van der Waals surface area contributed by atoms with Crippen LogP contribution in [0.2, 0.25) is 0 Å². The molecule has 1 N–H and O–H groups in total. The van der Waals surface area contributed by atoms with Gasteiger partial charge in [-0.3, -0.25) is 4.79 Å². The molecular formula is C10H22N2O2. The summed E-state index contributed by atoms with van der Waals surface area (Å²) in [6.07, 6.45) is 0. The van der Waals surface area contributed by atoms with Gasteiger partial charge >= 0.3 is 0 Å². The van der Waals surface area contributed by atoms with Gasteiger partial charge in [0.1, 0.15) is 0 Å². The van der Waals surface area contributed by atoms with Crippen LogP contribution in [0.1, 0.15) is 13.8 Å². The largest absolute Gasteiger partial charge is 0.383 e. The van der Waals surface area contributed by atoms with Crippen molar-refractivity contribution in [2.45, 2.75) is 19.9 Å². The van der Waals surface area contributed by atoms with Gasteiger partial charge in [-0.25, -0.2) is 0 Å². The molecule has 0 saturated heterocycles. The van der Waals surface area contributed by atoms with Crippen LogP contribution in [0.5, 0.6) is 0 Å². The van der Waals surface area contributed by atoms with Gasteiger partial charge in [0, 0.05) is 27.2 Å². The van der Waals surface area contributed by atoms with Crippen molar-refractivity contribution in [3.63, 3.8) is 0 Å². The fraction of sp³-hybridized carbons (Fsp3) is 0.900. The zero-order valence-corrected chi connectivity index (χ0v) is 9.83. The van der Waals surface area contributed by atoms with E-state index in [0.717, 1.165) is 0 Å². The first kappa shape index (κ1) is 13.4. The molecule has 0 aliphatic heterocycles. The summed E-state index contributed by atoms with van der Waals surface area (Å²) < 4.78 is 5.07. The Bertz CT molecular complexity index is 170. The SMILES string of the molecule is COCC(NCC(=O)N(C)C)C(C)C. The molecule has 0 rings (SSSR count). The lowest BCUT2D eigenvalue weighted by molar-refractivity contribution is -0.128. The van der Waals surface area contributed by atoms with Gasteiger partial charge < -0.3 is 15.0 Å². The molecule has 0 heterocycles. The van der Waals surface area contributed by atoms with Crippen molar-refractivity contribution in [3.8, 4) is 0 Å². The van der Waals surface area contributed by atoms with E-state index in [0.29, 0.717) is 19.1 Å². The fourth-order valence-corrected chi connectivity index (χ4v) is 1.04. The predicted octanol–water partition coefficient (Wildman–Crippen LogP) is 0.335. The zero-order valence-electron chi connectivity index (χ0n) is 9.83. The maximum Gasteiger partial charge on any atom is 0.236 e. The van der Waals surface area contributed by atoms with Gasteiger partial charge in [-0.15, -0.1) is 0 Å². The molecule has 1 atom stereocenters. The summed E-state index contributed by atoms with van der Waals surface area (Å²) in [5.74, 6) is 0.552. The minimum atomic E-state index is 0.0896. The van der Waals surface area contributed by atoms with E-state index >= 15 is 0 Å². The summed E-state index contributed by atoms with van der Waals surface area (Å²) >= 11 is 0. The van der Waals surface area contributed by atoms with E-state index in [1.54, 1.807) is 26.1 Å². The first-order chi connectivity index (χ1) is 6.49. The number of nitrogens with zero attached hydrogens (tertiary/aromatic N) is 1. The summed E-state index contributed by atoms with van der Waals surface area (Å²) in [4.78, 5) is 12.9. The maximum absolute atomic E-state index is 11.3. The fourth-order valence-electron chi connectivity index (χ4n) is 1.04. The highest BCUT2D eigenvalue weighted by Gasteiger charge is 2.14. The van der Waals surface area contributed by atoms with Gasteiger partial charge in [0.25, 0.3) is 0 Å². The Morgan fingerprint density at radius 2 is 2.00 bits per heavy atom. The summed E-state index contributed by atoms with van der Waals surface area (Å²) in [7, 11) is 5.18. The Morgan fingerprint density at radius 1 is 1.43 bits per heavy atom. The predicted molar refractivity (Wildman–Crippen MR) is 57.2 cm³/mol. The Kier molecular flexibility index (Phi) is 6.49. The molecule has 0 radical (unpaired) electrons. The molecule has 0 fully saturated rings. The lowest BCUT2D eigenvalue weighted by Crippen LogP contribution is -2.43. The summed E-state index contributed by atoms with van der Waals surface area (Å²) in [5.41, 5.74) is 0. The van der Waals surface area contributed by atoms with E-state index in [-0.39, 0.29) is 11.9 Å². The Balaban J connectivity index is 3.87. The zero-order chi connectivity index (χ0) is 11.1. The maximum atomic E-state index is 11.3. The summed E-state index contributed by atoms with van der Waals surface area (Å²) in [6.45, 7) is 5.23. The average molecular weight is 202 g/mol. The van der Waals surface area contributed by atoms with Crippen molar-refractivity contribution < 1.29 is 9.53 Å². The van der Waals surface area contributed by atoms with Crippen molar-refractivity contribution >= 4 is 5.91 Å². The van der Waals surface area contributed by atoms with Crippen LogP contribution < -0.4 is 5.32 Å². The van der Waals surface area contributed by atoms with Gasteiger partial charge in [-0.05, 0) is 5.92 Å². The van der Waals surface area contributed by atoms with Gasteiger partial charge in [-0.1, -0.05) is 13.8 Å². The van der Waals surface area contributed by atoms with Crippen LogP contribution in [0, 0.1) is 5.92 Å². The molecule has 0 aromatic carbocycles. The van der Waals surface area contributed by atoms with Gasteiger partial charge in [0.2, 0.25) is 5.91 Å². The van der Waals surface area contributed by atoms with Crippen molar-refractivity contribution in [2.75, 3.05) is 34.4 Å². The van der Waals surface area contributed by atoms with Crippen LogP contribution >= 0.6 is 0 Å². The smallest absolute Gasteiger partial charge is 0.236 e. The number of methoxy groups -OCH3 is 1. The molecule has 0 spiro atoms. The van der Waals surface area contributed by atoms with Gasteiger partial charge in [-0.2, -0.15) is 0 Å². The van der Waals surface area contributed by atoms with E-state index in [2.05, 4.69) is 19.2 Å². The molecule has 0 aromatic heterocycles. The lowest BCUT2D eigenvalue weighted by atomic mass is 10.1. The Labute approximate surface area is 86.6 Å². The first-order valence-corrected chi connectivity index (χ1v) is 4.91. The molecule has 0 bridgehead atoms. The van der Waals surface area contributed by atoms with Crippen LogP contribution in [0.15, 0.2) is 0 Å². The molecule has 4 heteroatoms. The standard InChI is InChI=1S/C10H22N2O2/c1-8(2)9(7-14-5)11-6-10(13)12(3)4/h8-9,11H,6-7H2,1-5H3. The van der Waals surface area contributed by atoms with E-state index in [9.17, 15) is 4.79 Å². The minimum absolute atomic E-state index is 0.0896. The second-order valence-corrected chi connectivity index (χ2v) is 3.97. The van der Waals surface area contributed by atoms with E-state index in [1.165, 1.54) is 0 Å². The molecule has 0 aromatic rings. The second-order valence-electron chi connectivity index (χ2n) is 3.97. The molecule has 0 aliphatic carbocycles. The number of likely N-dealkylation sites (N-methyl/N-ethyl adjacent to an activating group) is 1. The third-order valence-electron chi connectivity index (χ3n) is 2.17. The van der Waals surface area contributed by atoms with E-state index in [4.69, 9.17) is 4.74 Å². The Morgan fingerprint density at radius 3 is 2.36 bits per heavy atom. The molecule has 14 heavy (non-hydrogen) atoms. The summed E-state index contributed by atoms with van der Waals surface area (Å²) in [5, 5.41) is 3.18. The number of hydrogen-bond acceptors (Lipinski definition) is 3. The topological polar surface area (TPSA) is 41.6 Å². The molecule has 1 amide bonds. The highest BCUT2D eigenvalue weighted by atomic mass is 16.5. The highest BCUT2D eigenvalue weighted by molar-refractivity contribution is 5.77. The number of nitrogens with one attached hydrogen (secondary N) is 1. The van der Waals surface area contributed by atoms with Crippen LogP contribution in [0.4, 0.5) is 0 Å². The second kappa shape index (κ2) is 6.79. The van der Waals surface area contributed by atoms with Gasteiger partial charge in [0.05, 0.1) is 13.2 Å². The van der Waals surface area contributed by atoms with E-state index in [1.807, 2.05) is 0 Å². The van der Waals surface area contributed by atoms with E-state index < -0.39 is 0 Å². The third-order valence-corrected chi connectivity index (χ3v) is 2.17. The first-order valence-electron chi connectivity index (χ1n) is 4.91. The van der Waals surface area contributed by atoms with Crippen LogP contribution in [0.3, 0.4) is 0 Å². The van der Waals surface area contributed by atoms with Crippen LogP contribution in [-0.4, -0.2) is 51.2 Å². The molecule has 4 nitrogen and oxygen atoms in total. The molecular weight excluding hydrogens is 180 g/mol. The molecule has 0 aliphatic rings. The molecule has 1 unspecified atom stereocenters. The van der Waals surface area contributed by atoms with Crippen molar-refractivity contribution in [1.82, 2.24) is 10.2 Å². The van der Waals surface area contributed by atoms with Crippen LogP contribution in [0.25, 0.3) is 0 Å². The van der Waals surface area contributed by atoms with Crippen molar-refractivity contribution in [1.29, 1.82) is 0 Å². The number of hydrogen-bond donors (Lipinski definition) is 1. The number of rotatable bonds is 6. The van der Waals surface area contributed by atoms with Crippen molar-refractivity contribution in [3.05, 3.63) is 0 Å². The minimum Gasteiger partial charge on any atom is -0.383 e. The molecule has 84 valence electrons.